The Kier molecular flexibility index (Phi) is 4.49. The quantitative estimate of drug-likeness (QED) is 0.688. The fourth-order valence-corrected chi connectivity index (χ4v) is 5.70. The number of alkyl halides is 3. The first-order chi connectivity index (χ1) is 9.07. The normalized spacial score (nSPS) is 12.9. The first kappa shape index (κ1) is 16.2. The summed E-state index contributed by atoms with van der Waals surface area (Å²) in [5.74, 6) is 0. The second kappa shape index (κ2) is 5.54. The van der Waals surface area contributed by atoms with Crippen LogP contribution in [0.2, 0.25) is 0 Å². The van der Waals surface area contributed by atoms with E-state index in [0.717, 1.165) is 21.2 Å². The molecule has 3 nitrogen and oxygen atoms in total. The van der Waals surface area contributed by atoms with E-state index in [1.54, 1.807) is 0 Å². The molecule has 0 aliphatic carbocycles. The van der Waals surface area contributed by atoms with Gasteiger partial charge in [0, 0.05) is 5.41 Å². The van der Waals surface area contributed by atoms with Crippen LogP contribution in [-0.4, -0.2) is 15.2 Å². The van der Waals surface area contributed by atoms with Crippen molar-refractivity contribution in [3.05, 3.63) is 14.5 Å². The Morgan fingerprint density at radius 2 is 1.70 bits per heavy atom. The Morgan fingerprint density at radius 1 is 1.05 bits per heavy atom. The van der Waals surface area contributed by atoms with Gasteiger partial charge in [0.05, 0.1) is 9.48 Å². The lowest BCUT2D eigenvalue weighted by atomic mass is 9.93. The Morgan fingerprint density at radius 3 is 2.15 bits per heavy atom. The molecule has 0 fully saturated rings. The highest BCUT2D eigenvalue weighted by molar-refractivity contribution is 9.11. The van der Waals surface area contributed by atoms with E-state index in [4.69, 9.17) is 0 Å². The van der Waals surface area contributed by atoms with Crippen LogP contribution < -0.4 is 0 Å². The number of nitrogens with zero attached hydrogens (tertiary/aromatic N) is 3. The monoisotopic (exact) mass is 403 g/mol. The van der Waals surface area contributed by atoms with Gasteiger partial charge in [0.25, 0.3) is 0 Å². The van der Waals surface area contributed by atoms with Crippen LogP contribution in [-0.2, 0) is 11.6 Å². The van der Waals surface area contributed by atoms with Crippen LogP contribution in [0.25, 0.3) is 0 Å². The number of hydrogen-bond donors (Lipinski definition) is 0. The molecule has 0 saturated carbocycles. The molecule has 0 amide bonds. The lowest BCUT2D eigenvalue weighted by Crippen LogP contribution is -2.12. The summed E-state index contributed by atoms with van der Waals surface area (Å²) in [5.41, 5.74) is 0.748. The van der Waals surface area contributed by atoms with Crippen LogP contribution in [0.5, 0.6) is 0 Å². The number of halogens is 4. The van der Waals surface area contributed by atoms with E-state index in [9.17, 15) is 13.2 Å². The standard InChI is InChI=1S/C10H9BrF3N3S3/c1-9(2,3)4-5(11)18-7(15-4)20-8-17-16-6(19-8)10(12,13)14/h1-3H3. The topological polar surface area (TPSA) is 38.7 Å². The molecule has 0 spiro atoms. The third-order valence-electron chi connectivity index (χ3n) is 2.10. The van der Waals surface area contributed by atoms with Crippen molar-refractivity contribution in [3.63, 3.8) is 0 Å². The average Bonchev–Trinajstić information content (AvgIpc) is 2.84. The Bertz CT molecular complexity index is 615. The minimum absolute atomic E-state index is 0.133. The smallest absolute Gasteiger partial charge is 0.232 e. The summed E-state index contributed by atoms with van der Waals surface area (Å²) in [6.07, 6.45) is -4.45. The summed E-state index contributed by atoms with van der Waals surface area (Å²) in [7, 11) is 0. The van der Waals surface area contributed by atoms with Gasteiger partial charge in [-0.3, -0.25) is 0 Å². The number of aromatic nitrogens is 3. The molecule has 20 heavy (non-hydrogen) atoms. The largest absolute Gasteiger partial charge is 0.445 e. The van der Waals surface area contributed by atoms with Crippen molar-refractivity contribution >= 4 is 50.4 Å². The lowest BCUT2D eigenvalue weighted by Gasteiger charge is -2.15. The van der Waals surface area contributed by atoms with E-state index in [0.29, 0.717) is 15.7 Å². The second-order valence-corrected chi connectivity index (χ2v) is 9.61. The lowest BCUT2D eigenvalue weighted by molar-refractivity contribution is -0.138. The molecule has 0 saturated heterocycles. The van der Waals surface area contributed by atoms with Gasteiger partial charge in [-0.15, -0.1) is 10.2 Å². The van der Waals surface area contributed by atoms with Crippen LogP contribution in [0.3, 0.4) is 0 Å². The first-order valence-electron chi connectivity index (χ1n) is 5.33. The van der Waals surface area contributed by atoms with E-state index in [2.05, 4.69) is 31.1 Å². The molecule has 110 valence electrons. The van der Waals surface area contributed by atoms with Gasteiger partial charge in [-0.1, -0.05) is 43.4 Å². The van der Waals surface area contributed by atoms with Gasteiger partial charge in [-0.05, 0) is 27.7 Å². The highest BCUT2D eigenvalue weighted by Gasteiger charge is 2.36. The molecule has 2 aromatic rings. The first-order valence-corrected chi connectivity index (χ1v) is 8.57. The Labute approximate surface area is 134 Å². The zero-order valence-corrected chi connectivity index (χ0v) is 14.6. The average molecular weight is 404 g/mol. The maximum absolute atomic E-state index is 12.4. The molecular formula is C10H9BrF3N3S3. The van der Waals surface area contributed by atoms with Gasteiger partial charge in [-0.25, -0.2) is 4.98 Å². The summed E-state index contributed by atoms with van der Waals surface area (Å²) in [6, 6.07) is 0. The molecule has 0 radical (unpaired) electrons. The minimum Gasteiger partial charge on any atom is -0.232 e. The molecule has 10 heteroatoms. The molecule has 0 bridgehead atoms. The van der Waals surface area contributed by atoms with Gasteiger partial charge in [0.1, 0.15) is 0 Å². The van der Waals surface area contributed by atoms with Crippen molar-refractivity contribution in [2.45, 2.75) is 41.0 Å². The van der Waals surface area contributed by atoms with Crippen LogP contribution in [0.4, 0.5) is 13.2 Å². The zero-order chi connectivity index (χ0) is 15.1. The fraction of sp³-hybridized carbons (Fsp3) is 0.500. The summed E-state index contributed by atoms with van der Waals surface area (Å²) in [6.45, 7) is 6.07. The second-order valence-electron chi connectivity index (χ2n) is 4.83. The summed E-state index contributed by atoms with van der Waals surface area (Å²) >= 11 is 6.43. The number of rotatable bonds is 2. The number of thiazole rings is 1. The van der Waals surface area contributed by atoms with Crippen molar-refractivity contribution in [3.8, 4) is 0 Å². The Balaban J connectivity index is 2.21. The van der Waals surface area contributed by atoms with E-state index in [1.807, 2.05) is 20.8 Å². The molecule has 2 aromatic heterocycles. The van der Waals surface area contributed by atoms with Crippen LogP contribution in [0.15, 0.2) is 12.5 Å². The SMILES string of the molecule is CC(C)(C)c1nc(Sc2nnc(C(F)(F)F)s2)sc1Br. The maximum Gasteiger partial charge on any atom is 0.445 e. The fourth-order valence-electron chi connectivity index (χ4n) is 1.23. The van der Waals surface area contributed by atoms with Gasteiger partial charge in [0.15, 0.2) is 8.68 Å². The van der Waals surface area contributed by atoms with Crippen LogP contribution in [0.1, 0.15) is 31.5 Å². The highest BCUT2D eigenvalue weighted by Crippen LogP contribution is 2.42. The zero-order valence-electron chi connectivity index (χ0n) is 10.6. The molecule has 0 unspecified atom stereocenters. The van der Waals surface area contributed by atoms with E-state index in [-0.39, 0.29) is 9.75 Å². The van der Waals surface area contributed by atoms with Crippen molar-refractivity contribution in [2.24, 2.45) is 0 Å². The third kappa shape index (κ3) is 3.71. The molecular weight excluding hydrogens is 395 g/mol. The van der Waals surface area contributed by atoms with E-state index >= 15 is 0 Å². The van der Waals surface area contributed by atoms with Crippen LogP contribution >= 0.6 is 50.4 Å². The van der Waals surface area contributed by atoms with Crippen molar-refractivity contribution in [2.75, 3.05) is 0 Å². The molecule has 0 aromatic carbocycles. The van der Waals surface area contributed by atoms with Crippen molar-refractivity contribution in [1.82, 2.24) is 15.2 Å². The van der Waals surface area contributed by atoms with Gasteiger partial charge in [-0.2, -0.15) is 13.2 Å². The summed E-state index contributed by atoms with van der Waals surface area (Å²) in [5, 5.41) is 5.75. The van der Waals surface area contributed by atoms with Gasteiger partial charge >= 0.3 is 6.18 Å². The van der Waals surface area contributed by atoms with Crippen molar-refractivity contribution < 1.29 is 13.2 Å². The third-order valence-corrected chi connectivity index (χ3v) is 5.88. The molecule has 0 aliphatic rings. The summed E-state index contributed by atoms with van der Waals surface area (Å²) < 4.78 is 39.1. The molecule has 2 rings (SSSR count). The molecule has 2 heterocycles. The van der Waals surface area contributed by atoms with E-state index in [1.165, 1.54) is 11.3 Å². The number of hydrogen-bond acceptors (Lipinski definition) is 6. The highest BCUT2D eigenvalue weighted by atomic mass is 79.9. The van der Waals surface area contributed by atoms with Crippen LogP contribution in [0, 0.1) is 0 Å². The molecule has 0 N–H and O–H groups in total. The molecule has 0 atom stereocenters. The predicted octanol–water partition coefficient (Wildman–Crippen LogP) is 5.22. The molecule has 0 aliphatic heterocycles. The maximum atomic E-state index is 12.4. The minimum atomic E-state index is -4.45. The van der Waals surface area contributed by atoms with Crippen molar-refractivity contribution in [1.29, 1.82) is 0 Å². The predicted molar refractivity (Wildman–Crippen MR) is 77.5 cm³/mol. The van der Waals surface area contributed by atoms with E-state index < -0.39 is 11.2 Å². The van der Waals surface area contributed by atoms with Gasteiger partial charge < -0.3 is 0 Å². The Hall–Kier alpha value is -0.190. The summed E-state index contributed by atoms with van der Waals surface area (Å²) in [4.78, 5) is 4.44. The van der Waals surface area contributed by atoms with Gasteiger partial charge in [0.2, 0.25) is 5.01 Å².